The van der Waals surface area contributed by atoms with Crippen molar-refractivity contribution in [3.63, 3.8) is 0 Å². The molecule has 17 heavy (non-hydrogen) atoms. The molecule has 0 N–H and O–H groups in total. The lowest BCUT2D eigenvalue weighted by Gasteiger charge is -2.53. The molecule has 0 bridgehead atoms. The average molecular weight is 237 g/mol. The minimum Gasteiger partial charge on any atom is -0.304 e. The van der Waals surface area contributed by atoms with Crippen molar-refractivity contribution in [3.05, 3.63) is 0 Å². The second-order valence-corrected chi connectivity index (χ2v) is 7.21. The number of rotatable bonds is 4. The smallest absolute Gasteiger partial charge is 0.00925 e. The van der Waals surface area contributed by atoms with Crippen molar-refractivity contribution in [1.29, 1.82) is 0 Å². The van der Waals surface area contributed by atoms with Crippen molar-refractivity contribution in [2.75, 3.05) is 13.6 Å². The van der Waals surface area contributed by atoms with Crippen molar-refractivity contribution in [2.45, 2.75) is 71.8 Å². The molecule has 2 rings (SSSR count). The molecule has 1 spiro atoms. The molecule has 0 aromatic heterocycles. The molecule has 2 fully saturated rings. The lowest BCUT2D eigenvalue weighted by Crippen LogP contribution is -2.45. The van der Waals surface area contributed by atoms with Gasteiger partial charge in [-0.3, -0.25) is 0 Å². The summed E-state index contributed by atoms with van der Waals surface area (Å²) in [6.07, 6.45) is 10.5. The first-order valence-corrected chi connectivity index (χ1v) is 7.75. The standard InChI is InChI=1S/C16H31N/c1-5-17(4)15-6-8-16(9-7-15)11-14(12-16)10-13(2)3/h13-15H,5-12H2,1-4H3. The molecular weight excluding hydrogens is 206 g/mol. The molecule has 100 valence electrons. The van der Waals surface area contributed by atoms with E-state index < -0.39 is 0 Å². The minimum absolute atomic E-state index is 0.796. The maximum absolute atomic E-state index is 2.55. The molecule has 0 heterocycles. The molecule has 0 amide bonds. The third-order valence-corrected chi connectivity index (χ3v) is 5.39. The summed E-state index contributed by atoms with van der Waals surface area (Å²) in [4.78, 5) is 2.55. The van der Waals surface area contributed by atoms with E-state index >= 15 is 0 Å². The Morgan fingerprint density at radius 3 is 2.24 bits per heavy atom. The van der Waals surface area contributed by atoms with Gasteiger partial charge in [0.2, 0.25) is 0 Å². The molecule has 0 aromatic carbocycles. The Balaban J connectivity index is 1.74. The van der Waals surface area contributed by atoms with Crippen LogP contribution >= 0.6 is 0 Å². The van der Waals surface area contributed by atoms with E-state index in [4.69, 9.17) is 0 Å². The van der Waals surface area contributed by atoms with E-state index in [1.807, 2.05) is 0 Å². The Morgan fingerprint density at radius 2 is 1.76 bits per heavy atom. The van der Waals surface area contributed by atoms with Crippen LogP contribution in [0.2, 0.25) is 0 Å². The summed E-state index contributed by atoms with van der Waals surface area (Å²) in [6.45, 7) is 8.25. The van der Waals surface area contributed by atoms with E-state index in [0.29, 0.717) is 0 Å². The van der Waals surface area contributed by atoms with Gasteiger partial charge in [0, 0.05) is 6.04 Å². The number of nitrogens with zero attached hydrogens (tertiary/aromatic N) is 1. The monoisotopic (exact) mass is 237 g/mol. The second kappa shape index (κ2) is 5.30. The molecule has 0 unspecified atom stereocenters. The van der Waals surface area contributed by atoms with Gasteiger partial charge in [0.25, 0.3) is 0 Å². The minimum atomic E-state index is 0.796. The van der Waals surface area contributed by atoms with Gasteiger partial charge in [0.05, 0.1) is 0 Å². The summed E-state index contributed by atoms with van der Waals surface area (Å²) in [5.41, 5.74) is 0.796. The zero-order chi connectivity index (χ0) is 12.5. The summed E-state index contributed by atoms with van der Waals surface area (Å²) >= 11 is 0. The van der Waals surface area contributed by atoms with Crippen LogP contribution < -0.4 is 0 Å². The van der Waals surface area contributed by atoms with Gasteiger partial charge < -0.3 is 4.90 Å². The van der Waals surface area contributed by atoms with Crippen LogP contribution in [0.5, 0.6) is 0 Å². The highest BCUT2D eigenvalue weighted by Crippen LogP contribution is 2.56. The summed E-state index contributed by atoms with van der Waals surface area (Å²) in [5, 5.41) is 0. The van der Waals surface area contributed by atoms with E-state index in [1.165, 1.54) is 38.6 Å². The van der Waals surface area contributed by atoms with E-state index in [9.17, 15) is 0 Å². The van der Waals surface area contributed by atoms with Crippen molar-refractivity contribution >= 4 is 0 Å². The quantitative estimate of drug-likeness (QED) is 0.703. The fourth-order valence-electron chi connectivity index (χ4n) is 4.32. The van der Waals surface area contributed by atoms with Gasteiger partial charge in [-0.05, 0) is 75.8 Å². The van der Waals surface area contributed by atoms with Crippen LogP contribution in [0.3, 0.4) is 0 Å². The Morgan fingerprint density at radius 1 is 1.18 bits per heavy atom. The summed E-state index contributed by atoms with van der Waals surface area (Å²) < 4.78 is 0. The molecule has 0 saturated heterocycles. The molecule has 0 aromatic rings. The van der Waals surface area contributed by atoms with E-state index in [0.717, 1.165) is 23.3 Å². The molecule has 1 heteroatoms. The molecular formula is C16H31N. The predicted molar refractivity (Wildman–Crippen MR) is 75.2 cm³/mol. The summed E-state index contributed by atoms with van der Waals surface area (Å²) in [6, 6.07) is 0.884. The van der Waals surface area contributed by atoms with E-state index in [2.05, 4.69) is 32.7 Å². The highest BCUT2D eigenvalue weighted by atomic mass is 15.1. The van der Waals surface area contributed by atoms with Crippen LogP contribution in [0.25, 0.3) is 0 Å². The summed E-state index contributed by atoms with van der Waals surface area (Å²) in [7, 11) is 2.30. The van der Waals surface area contributed by atoms with E-state index in [-0.39, 0.29) is 0 Å². The molecule has 0 radical (unpaired) electrons. The average Bonchev–Trinajstić information content (AvgIpc) is 2.26. The van der Waals surface area contributed by atoms with Crippen LogP contribution in [0.1, 0.15) is 65.7 Å². The van der Waals surface area contributed by atoms with Gasteiger partial charge >= 0.3 is 0 Å². The molecule has 2 saturated carbocycles. The van der Waals surface area contributed by atoms with Crippen LogP contribution in [0.4, 0.5) is 0 Å². The van der Waals surface area contributed by atoms with Gasteiger partial charge in [0.15, 0.2) is 0 Å². The van der Waals surface area contributed by atoms with Crippen molar-refractivity contribution < 1.29 is 0 Å². The van der Waals surface area contributed by atoms with E-state index in [1.54, 1.807) is 12.8 Å². The molecule has 1 nitrogen and oxygen atoms in total. The zero-order valence-electron chi connectivity index (χ0n) is 12.3. The first-order valence-electron chi connectivity index (χ1n) is 7.75. The van der Waals surface area contributed by atoms with Gasteiger partial charge in [-0.1, -0.05) is 20.8 Å². The van der Waals surface area contributed by atoms with Crippen LogP contribution in [-0.2, 0) is 0 Å². The molecule has 0 atom stereocenters. The van der Waals surface area contributed by atoms with Gasteiger partial charge in [0.1, 0.15) is 0 Å². The first kappa shape index (κ1) is 13.4. The fourth-order valence-corrected chi connectivity index (χ4v) is 4.32. The Hall–Kier alpha value is -0.0400. The summed E-state index contributed by atoms with van der Waals surface area (Å²) in [5.74, 6) is 1.97. The highest BCUT2D eigenvalue weighted by molar-refractivity contribution is 4.98. The number of hydrogen-bond donors (Lipinski definition) is 0. The Labute approximate surface area is 108 Å². The third-order valence-electron chi connectivity index (χ3n) is 5.39. The predicted octanol–water partition coefficient (Wildman–Crippen LogP) is 4.32. The Bertz CT molecular complexity index is 230. The topological polar surface area (TPSA) is 3.24 Å². The van der Waals surface area contributed by atoms with Crippen molar-refractivity contribution in [1.82, 2.24) is 4.90 Å². The van der Waals surface area contributed by atoms with Crippen LogP contribution in [0, 0.1) is 17.3 Å². The Kier molecular flexibility index (Phi) is 4.18. The maximum Gasteiger partial charge on any atom is 0.00925 e. The highest BCUT2D eigenvalue weighted by Gasteiger charge is 2.45. The SMILES string of the molecule is CCN(C)C1CCC2(CC1)CC(CC(C)C)C2. The maximum atomic E-state index is 2.55. The molecule has 2 aliphatic carbocycles. The van der Waals surface area contributed by atoms with Crippen molar-refractivity contribution in [2.24, 2.45) is 17.3 Å². The third kappa shape index (κ3) is 3.05. The molecule has 2 aliphatic rings. The number of hydrogen-bond acceptors (Lipinski definition) is 1. The lowest BCUT2D eigenvalue weighted by molar-refractivity contribution is -0.0156. The van der Waals surface area contributed by atoms with Gasteiger partial charge in [-0.25, -0.2) is 0 Å². The normalized spacial score (nSPS) is 37.8. The first-order chi connectivity index (χ1) is 8.04. The zero-order valence-corrected chi connectivity index (χ0v) is 12.3. The van der Waals surface area contributed by atoms with Crippen molar-refractivity contribution in [3.8, 4) is 0 Å². The van der Waals surface area contributed by atoms with Gasteiger partial charge in [-0.2, -0.15) is 0 Å². The fraction of sp³-hybridized carbons (Fsp3) is 1.00. The lowest BCUT2D eigenvalue weighted by atomic mass is 9.54. The van der Waals surface area contributed by atoms with Gasteiger partial charge in [-0.15, -0.1) is 0 Å². The second-order valence-electron chi connectivity index (χ2n) is 7.21. The van der Waals surface area contributed by atoms with Crippen LogP contribution in [0.15, 0.2) is 0 Å². The molecule has 0 aliphatic heterocycles. The van der Waals surface area contributed by atoms with Crippen LogP contribution in [-0.4, -0.2) is 24.5 Å². The largest absolute Gasteiger partial charge is 0.304 e.